The molecule has 0 fully saturated rings. The van der Waals surface area contributed by atoms with Crippen molar-refractivity contribution in [2.24, 2.45) is 5.11 Å². The lowest BCUT2D eigenvalue weighted by Gasteiger charge is -2.36. The van der Waals surface area contributed by atoms with Crippen LogP contribution < -0.4 is 0 Å². The Morgan fingerprint density at radius 1 is 1.33 bits per heavy atom. The molecule has 0 unspecified atom stereocenters. The normalized spacial score (nSPS) is 14.1. The van der Waals surface area contributed by atoms with Crippen molar-refractivity contribution in [1.82, 2.24) is 0 Å². The Morgan fingerprint density at radius 2 is 1.94 bits per heavy atom. The average molecular weight is 273 g/mol. The average Bonchev–Trinajstić information content (AvgIpc) is 2.24. The zero-order valence-corrected chi connectivity index (χ0v) is 13.3. The molecule has 0 rings (SSSR count). The van der Waals surface area contributed by atoms with Crippen LogP contribution in [0.5, 0.6) is 0 Å². The fourth-order valence-electron chi connectivity index (χ4n) is 1.21. The van der Waals surface area contributed by atoms with E-state index in [1.54, 1.807) is 0 Å². The number of unbranched alkanes of at least 4 members (excludes halogenated alkanes) is 1. The van der Waals surface area contributed by atoms with Crippen LogP contribution in [0, 0.1) is 0 Å². The molecule has 0 aromatic rings. The Kier molecular flexibility index (Phi) is 7.55. The summed E-state index contributed by atoms with van der Waals surface area (Å²) in [4.78, 5) is 2.69. The van der Waals surface area contributed by atoms with Crippen molar-refractivity contribution in [3.63, 3.8) is 0 Å². The van der Waals surface area contributed by atoms with Crippen LogP contribution in [-0.2, 0) is 4.43 Å². The predicted octanol–water partition coefficient (Wildman–Crippen LogP) is 3.85. The second-order valence-corrected chi connectivity index (χ2v) is 11.0. The van der Waals surface area contributed by atoms with Crippen LogP contribution in [0.15, 0.2) is 5.11 Å². The molecular formula is C12H27N3O2Si. The molecule has 0 aromatic carbocycles. The van der Waals surface area contributed by atoms with E-state index in [4.69, 9.17) is 9.96 Å². The van der Waals surface area contributed by atoms with Gasteiger partial charge in [-0.1, -0.05) is 32.3 Å². The lowest BCUT2D eigenvalue weighted by molar-refractivity contribution is 0.0909. The Bertz CT molecular complexity index is 284. The first-order chi connectivity index (χ1) is 8.20. The maximum Gasteiger partial charge on any atom is 0.192 e. The number of nitrogens with zero attached hydrogens (tertiary/aromatic N) is 3. The Labute approximate surface area is 111 Å². The molecule has 0 radical (unpaired) electrons. The molecule has 0 aliphatic carbocycles. The second kappa shape index (κ2) is 7.79. The Morgan fingerprint density at radius 3 is 2.44 bits per heavy atom. The summed E-state index contributed by atoms with van der Waals surface area (Å²) in [5, 5.41) is 13.5. The molecule has 0 aromatic heterocycles. The number of hydrogen-bond donors (Lipinski definition) is 1. The monoisotopic (exact) mass is 273 g/mol. The summed E-state index contributed by atoms with van der Waals surface area (Å²) in [6.07, 6.45) is 1.97. The molecule has 1 atom stereocenters. The molecule has 18 heavy (non-hydrogen) atoms. The zero-order chi connectivity index (χ0) is 14.2. The fourth-order valence-corrected chi connectivity index (χ4v) is 2.25. The van der Waals surface area contributed by atoms with Crippen molar-refractivity contribution < 1.29 is 9.53 Å². The number of azide groups is 1. The van der Waals surface area contributed by atoms with Gasteiger partial charge in [-0.25, -0.2) is 0 Å². The predicted molar refractivity (Wildman–Crippen MR) is 77.0 cm³/mol. The third-order valence-corrected chi connectivity index (χ3v) is 8.05. The molecular weight excluding hydrogens is 246 g/mol. The van der Waals surface area contributed by atoms with Crippen LogP contribution in [0.25, 0.3) is 10.4 Å². The third kappa shape index (κ3) is 7.01. The third-order valence-electron chi connectivity index (χ3n) is 3.55. The minimum absolute atomic E-state index is 0.175. The van der Waals surface area contributed by atoms with Crippen molar-refractivity contribution in [1.29, 1.82) is 0 Å². The van der Waals surface area contributed by atoms with Crippen LogP contribution in [0.4, 0.5) is 0 Å². The number of hydrogen-bond acceptors (Lipinski definition) is 3. The first-order valence-electron chi connectivity index (χ1n) is 6.53. The maximum absolute atomic E-state index is 9.83. The minimum atomic E-state index is -1.75. The van der Waals surface area contributed by atoms with E-state index < -0.39 is 14.4 Å². The highest BCUT2D eigenvalue weighted by molar-refractivity contribution is 6.74. The molecule has 0 spiro atoms. The van der Waals surface area contributed by atoms with E-state index in [0.29, 0.717) is 19.6 Å². The topological polar surface area (TPSA) is 78.2 Å². The van der Waals surface area contributed by atoms with E-state index in [1.165, 1.54) is 0 Å². The summed E-state index contributed by atoms with van der Waals surface area (Å²) in [6, 6.07) is 0. The highest BCUT2D eigenvalue weighted by Gasteiger charge is 2.37. The molecule has 0 heterocycles. The first-order valence-corrected chi connectivity index (χ1v) is 9.44. The summed E-state index contributed by atoms with van der Waals surface area (Å²) in [5.74, 6) is 0. The molecule has 0 saturated carbocycles. The Balaban J connectivity index is 3.83. The van der Waals surface area contributed by atoms with Gasteiger partial charge in [-0.15, -0.1) is 0 Å². The van der Waals surface area contributed by atoms with Crippen molar-refractivity contribution in [3.8, 4) is 0 Å². The van der Waals surface area contributed by atoms with Gasteiger partial charge in [0.05, 0.1) is 12.7 Å². The van der Waals surface area contributed by atoms with Gasteiger partial charge in [0.25, 0.3) is 0 Å². The van der Waals surface area contributed by atoms with Crippen LogP contribution in [0.1, 0.15) is 40.0 Å². The highest BCUT2D eigenvalue weighted by Crippen LogP contribution is 2.36. The molecule has 0 aliphatic heterocycles. The summed E-state index contributed by atoms with van der Waals surface area (Å²) < 4.78 is 5.94. The standard InChI is InChI=1S/C12H27N3O2Si/c1-12(2,3)18(4,5)17-10-11(16)8-6-7-9-14-15-13/h11,16H,6-10H2,1-5H3/t11-/m1/s1. The lowest BCUT2D eigenvalue weighted by atomic mass is 10.2. The van der Waals surface area contributed by atoms with Gasteiger partial charge in [-0.2, -0.15) is 0 Å². The van der Waals surface area contributed by atoms with Gasteiger partial charge in [0.1, 0.15) is 0 Å². The summed E-state index contributed by atoms with van der Waals surface area (Å²) in [6.45, 7) is 11.8. The van der Waals surface area contributed by atoms with Gasteiger partial charge < -0.3 is 9.53 Å². The van der Waals surface area contributed by atoms with E-state index in [-0.39, 0.29) is 5.04 Å². The number of aliphatic hydroxyl groups excluding tert-OH is 1. The van der Waals surface area contributed by atoms with Gasteiger partial charge in [-0.3, -0.25) is 0 Å². The molecule has 106 valence electrons. The van der Waals surface area contributed by atoms with Gasteiger partial charge in [0.2, 0.25) is 0 Å². The lowest BCUT2D eigenvalue weighted by Crippen LogP contribution is -2.42. The van der Waals surface area contributed by atoms with Gasteiger partial charge in [-0.05, 0) is 36.5 Å². The fraction of sp³-hybridized carbons (Fsp3) is 1.00. The zero-order valence-electron chi connectivity index (χ0n) is 12.3. The van der Waals surface area contributed by atoms with Crippen LogP contribution in [-0.4, -0.2) is 32.7 Å². The van der Waals surface area contributed by atoms with Gasteiger partial charge >= 0.3 is 0 Å². The maximum atomic E-state index is 9.83. The smallest absolute Gasteiger partial charge is 0.192 e. The van der Waals surface area contributed by atoms with Crippen molar-refractivity contribution in [2.75, 3.05) is 13.2 Å². The molecule has 6 heteroatoms. The van der Waals surface area contributed by atoms with Crippen LogP contribution >= 0.6 is 0 Å². The van der Waals surface area contributed by atoms with Crippen molar-refractivity contribution in [2.45, 2.75) is 64.3 Å². The van der Waals surface area contributed by atoms with Crippen LogP contribution in [0.2, 0.25) is 18.1 Å². The quantitative estimate of drug-likeness (QED) is 0.240. The summed E-state index contributed by atoms with van der Waals surface area (Å²) in [7, 11) is -1.75. The molecule has 0 amide bonds. The second-order valence-electron chi connectivity index (χ2n) is 6.18. The first kappa shape index (κ1) is 17.4. The molecule has 0 aliphatic rings. The summed E-state index contributed by atoms with van der Waals surface area (Å²) >= 11 is 0. The van der Waals surface area contributed by atoms with E-state index in [2.05, 4.69) is 43.9 Å². The molecule has 0 bridgehead atoms. The molecule has 0 saturated heterocycles. The number of rotatable bonds is 8. The molecule has 1 N–H and O–H groups in total. The number of aliphatic hydroxyl groups is 1. The largest absolute Gasteiger partial charge is 0.414 e. The van der Waals surface area contributed by atoms with Crippen molar-refractivity contribution >= 4 is 8.32 Å². The van der Waals surface area contributed by atoms with E-state index in [9.17, 15) is 5.11 Å². The van der Waals surface area contributed by atoms with E-state index in [0.717, 1.165) is 12.8 Å². The highest BCUT2D eigenvalue weighted by atomic mass is 28.4. The summed E-state index contributed by atoms with van der Waals surface area (Å²) in [5.41, 5.74) is 8.12. The SMILES string of the molecule is CC(C)(C)[Si](C)(C)OC[C@H](O)CCCCN=[N+]=[N-]. The van der Waals surface area contributed by atoms with Gasteiger partial charge in [0.15, 0.2) is 8.32 Å². The Hall–Kier alpha value is -0.553. The minimum Gasteiger partial charge on any atom is -0.414 e. The van der Waals surface area contributed by atoms with Gasteiger partial charge in [0, 0.05) is 11.5 Å². The molecule has 5 nitrogen and oxygen atoms in total. The van der Waals surface area contributed by atoms with Crippen molar-refractivity contribution in [3.05, 3.63) is 10.4 Å². The van der Waals surface area contributed by atoms with E-state index >= 15 is 0 Å². The van der Waals surface area contributed by atoms with Crippen LogP contribution in [0.3, 0.4) is 0 Å². The van der Waals surface area contributed by atoms with E-state index in [1.807, 2.05) is 0 Å².